The van der Waals surface area contributed by atoms with Crippen molar-refractivity contribution >= 4 is 27.8 Å². The van der Waals surface area contributed by atoms with E-state index >= 15 is 0 Å². The Kier molecular flexibility index (Phi) is 6.68. The van der Waals surface area contributed by atoms with Gasteiger partial charge in [-0.2, -0.15) is 18.3 Å². The molecule has 1 amide bonds. The summed E-state index contributed by atoms with van der Waals surface area (Å²) < 4.78 is 63.4. The summed E-state index contributed by atoms with van der Waals surface area (Å²) in [5.74, 6) is -0.737. The van der Waals surface area contributed by atoms with Crippen molar-refractivity contribution in [2.24, 2.45) is 5.10 Å². The number of alkyl halides is 3. The van der Waals surface area contributed by atoms with Gasteiger partial charge in [-0.3, -0.25) is 9.10 Å². The maximum absolute atomic E-state index is 12.7. The van der Waals surface area contributed by atoms with Gasteiger partial charge in [0.25, 0.3) is 5.91 Å². The molecule has 0 radical (unpaired) electrons. The Balaban J connectivity index is 2.14. The molecule has 2 aromatic rings. The Bertz CT molecular complexity index is 1030. The molecule has 0 unspecified atom stereocenters. The summed E-state index contributed by atoms with van der Waals surface area (Å²) in [5, 5.41) is 3.62. The number of rotatable bonds is 6. The number of amides is 1. The van der Waals surface area contributed by atoms with E-state index in [4.69, 9.17) is 0 Å². The van der Waals surface area contributed by atoms with Crippen LogP contribution in [0.5, 0.6) is 0 Å². The minimum atomic E-state index is -4.49. The summed E-state index contributed by atoms with van der Waals surface area (Å²) in [5.41, 5.74) is 3.36. The Morgan fingerprint density at radius 1 is 1.17 bits per heavy atom. The second-order valence-electron chi connectivity index (χ2n) is 6.41. The van der Waals surface area contributed by atoms with Crippen molar-refractivity contribution in [1.82, 2.24) is 5.43 Å². The minimum Gasteiger partial charge on any atom is -0.271 e. The van der Waals surface area contributed by atoms with Crippen LogP contribution in [0.4, 0.5) is 18.9 Å². The monoisotopic (exact) mass is 427 g/mol. The molecule has 156 valence electrons. The number of nitrogens with zero attached hydrogens (tertiary/aromatic N) is 2. The quantitative estimate of drug-likeness (QED) is 0.568. The van der Waals surface area contributed by atoms with Gasteiger partial charge < -0.3 is 0 Å². The lowest BCUT2D eigenvalue weighted by atomic mass is 10.1. The van der Waals surface area contributed by atoms with Gasteiger partial charge in [0.15, 0.2) is 0 Å². The highest BCUT2D eigenvalue weighted by molar-refractivity contribution is 7.92. The van der Waals surface area contributed by atoms with Gasteiger partial charge in [-0.05, 0) is 48.7 Å². The highest BCUT2D eigenvalue weighted by atomic mass is 32.2. The molecule has 0 heterocycles. The number of nitrogens with one attached hydrogen (secondary N) is 1. The zero-order chi connectivity index (χ0) is 21.8. The van der Waals surface area contributed by atoms with Crippen LogP contribution in [0.15, 0.2) is 47.6 Å². The first-order chi connectivity index (χ1) is 13.4. The number of halogens is 3. The lowest BCUT2D eigenvalue weighted by Gasteiger charge is -2.23. The molecule has 29 heavy (non-hydrogen) atoms. The van der Waals surface area contributed by atoms with Gasteiger partial charge in [-0.15, -0.1) is 0 Å². The number of carbonyl (C=O) groups is 1. The van der Waals surface area contributed by atoms with E-state index < -0.39 is 34.2 Å². The molecule has 10 heteroatoms. The maximum atomic E-state index is 12.7. The fourth-order valence-corrected chi connectivity index (χ4v) is 3.43. The van der Waals surface area contributed by atoms with Crippen molar-refractivity contribution in [3.63, 3.8) is 0 Å². The van der Waals surface area contributed by atoms with E-state index in [1.807, 2.05) is 13.0 Å². The first-order valence-corrected chi connectivity index (χ1v) is 10.3. The van der Waals surface area contributed by atoms with Crippen molar-refractivity contribution in [1.29, 1.82) is 0 Å². The lowest BCUT2D eigenvalue weighted by Crippen LogP contribution is -2.39. The zero-order valence-corrected chi connectivity index (χ0v) is 16.8. The fourth-order valence-electron chi connectivity index (χ4n) is 2.53. The smallest absolute Gasteiger partial charge is 0.271 e. The van der Waals surface area contributed by atoms with E-state index in [-0.39, 0.29) is 5.56 Å². The molecular weight excluding hydrogens is 407 g/mol. The van der Waals surface area contributed by atoms with Crippen LogP contribution < -0.4 is 9.73 Å². The van der Waals surface area contributed by atoms with Crippen molar-refractivity contribution in [3.05, 3.63) is 64.7 Å². The van der Waals surface area contributed by atoms with E-state index in [9.17, 15) is 26.4 Å². The van der Waals surface area contributed by atoms with Crippen LogP contribution in [0.3, 0.4) is 0 Å². The van der Waals surface area contributed by atoms with Crippen LogP contribution in [-0.4, -0.2) is 33.3 Å². The molecule has 0 saturated heterocycles. The van der Waals surface area contributed by atoms with E-state index in [0.717, 1.165) is 34.5 Å². The van der Waals surface area contributed by atoms with Crippen LogP contribution in [0, 0.1) is 13.8 Å². The summed E-state index contributed by atoms with van der Waals surface area (Å²) in [7, 11) is -3.76. The van der Waals surface area contributed by atoms with E-state index in [1.165, 1.54) is 12.1 Å². The van der Waals surface area contributed by atoms with Crippen LogP contribution in [0.25, 0.3) is 0 Å². The van der Waals surface area contributed by atoms with Crippen LogP contribution in [0.1, 0.15) is 22.3 Å². The largest absolute Gasteiger partial charge is 0.416 e. The van der Waals surface area contributed by atoms with Crippen LogP contribution >= 0.6 is 0 Å². The summed E-state index contributed by atoms with van der Waals surface area (Å²) in [4.78, 5) is 12.2. The number of hydrogen-bond donors (Lipinski definition) is 1. The number of hydrazone groups is 1. The third kappa shape index (κ3) is 6.05. The molecule has 6 nitrogen and oxygen atoms in total. The van der Waals surface area contributed by atoms with Gasteiger partial charge in [0.2, 0.25) is 10.0 Å². The first kappa shape index (κ1) is 22.4. The molecular formula is C19H20F3N3O3S. The number of carbonyl (C=O) groups excluding carboxylic acids is 1. The molecule has 2 aromatic carbocycles. The molecule has 0 aliphatic heterocycles. The summed E-state index contributed by atoms with van der Waals surface area (Å²) in [6, 6.07) is 9.50. The highest BCUT2D eigenvalue weighted by Gasteiger charge is 2.30. The third-order valence-electron chi connectivity index (χ3n) is 4.15. The predicted molar refractivity (Wildman–Crippen MR) is 105 cm³/mol. The Hall–Kier alpha value is -2.88. The maximum Gasteiger partial charge on any atom is 0.416 e. The Morgan fingerprint density at radius 2 is 1.83 bits per heavy atom. The van der Waals surface area contributed by atoms with Crippen molar-refractivity contribution < 1.29 is 26.4 Å². The molecule has 0 fully saturated rings. The lowest BCUT2D eigenvalue weighted by molar-refractivity contribution is -0.137. The molecule has 1 N–H and O–H groups in total. The van der Waals surface area contributed by atoms with Gasteiger partial charge in [0, 0.05) is 0 Å². The highest BCUT2D eigenvalue weighted by Crippen LogP contribution is 2.29. The standard InChI is InChI=1S/C19H20F3N3O3S/c1-13-6-4-9-17(14(13)2)25(29(3,27)28)12-18(26)24-23-11-15-7-5-8-16(10-15)19(20,21)22/h4-11H,12H2,1-3H3,(H,24,26)/b23-11-. The van der Waals surface area contributed by atoms with Crippen molar-refractivity contribution in [3.8, 4) is 0 Å². The topological polar surface area (TPSA) is 78.8 Å². The molecule has 0 bridgehead atoms. The van der Waals surface area contributed by atoms with Crippen LogP contribution in [-0.2, 0) is 21.0 Å². The molecule has 0 saturated carbocycles. The van der Waals surface area contributed by atoms with Crippen LogP contribution in [0.2, 0.25) is 0 Å². The molecule has 0 aliphatic carbocycles. The average Bonchev–Trinajstić information content (AvgIpc) is 2.61. The van der Waals surface area contributed by atoms with Gasteiger partial charge >= 0.3 is 6.18 Å². The average molecular weight is 427 g/mol. The SMILES string of the molecule is Cc1cccc(N(CC(=O)N/N=C\c2cccc(C(F)(F)F)c2)S(C)(=O)=O)c1C. The third-order valence-corrected chi connectivity index (χ3v) is 5.28. The predicted octanol–water partition coefficient (Wildman–Crippen LogP) is 3.24. The number of anilines is 1. The molecule has 2 rings (SSSR count). The first-order valence-electron chi connectivity index (χ1n) is 8.42. The summed E-state index contributed by atoms with van der Waals surface area (Å²) in [6.07, 6.45) is -2.46. The van der Waals surface area contributed by atoms with Gasteiger partial charge in [-0.1, -0.05) is 24.3 Å². The number of sulfonamides is 1. The van der Waals surface area contributed by atoms with E-state index in [2.05, 4.69) is 10.5 Å². The second kappa shape index (κ2) is 8.64. The molecule has 0 aliphatic rings. The fraction of sp³-hybridized carbons (Fsp3) is 0.263. The van der Waals surface area contributed by atoms with Crippen molar-refractivity contribution in [2.45, 2.75) is 20.0 Å². The Morgan fingerprint density at radius 3 is 2.45 bits per heavy atom. The summed E-state index contributed by atoms with van der Waals surface area (Å²) in [6.45, 7) is 3.04. The number of hydrogen-bond acceptors (Lipinski definition) is 4. The number of benzene rings is 2. The Labute approximate surface area is 167 Å². The summed E-state index contributed by atoms with van der Waals surface area (Å²) >= 11 is 0. The van der Waals surface area contributed by atoms with Gasteiger partial charge in [-0.25, -0.2) is 13.8 Å². The van der Waals surface area contributed by atoms with Gasteiger partial charge in [0.1, 0.15) is 6.54 Å². The normalized spacial score (nSPS) is 12.2. The molecule has 0 spiro atoms. The van der Waals surface area contributed by atoms with Crippen molar-refractivity contribution in [2.75, 3.05) is 17.1 Å². The molecule has 0 aromatic heterocycles. The van der Waals surface area contributed by atoms with Gasteiger partial charge in [0.05, 0.1) is 23.7 Å². The second-order valence-corrected chi connectivity index (χ2v) is 8.31. The number of aryl methyl sites for hydroxylation is 1. The van der Waals surface area contributed by atoms with E-state index in [1.54, 1.807) is 19.1 Å². The zero-order valence-electron chi connectivity index (χ0n) is 16.0. The minimum absolute atomic E-state index is 0.134. The molecule has 0 atom stereocenters. The van der Waals surface area contributed by atoms with E-state index in [0.29, 0.717) is 11.3 Å².